The second-order valence-corrected chi connectivity index (χ2v) is 9.75. The van der Waals surface area contributed by atoms with Gasteiger partial charge in [-0.05, 0) is 57.8 Å². The second-order valence-electron chi connectivity index (χ2n) is 9.75. The van der Waals surface area contributed by atoms with Crippen LogP contribution in [0.1, 0.15) is 79.1 Å². The first-order chi connectivity index (χ1) is 13.4. The standard InChI is InChI=1S/C22H35NO6/c1-13-8-14(2)21(29)16(9-13)17(24)10-15-11-18(25)23(19(26)12-15)22(3,4)7-5-6-20(27)28/h13-17,24H,5-12H2,1-4H3,(H,27,28)/t13-,14?,16?,17+/m0/s1. The minimum absolute atomic E-state index is 0.000725. The molecule has 0 spiro atoms. The Kier molecular flexibility index (Phi) is 7.60. The largest absolute Gasteiger partial charge is 0.481 e. The number of rotatable bonds is 8. The fourth-order valence-electron chi connectivity index (χ4n) is 5.10. The molecule has 2 rings (SSSR count). The predicted molar refractivity (Wildman–Crippen MR) is 107 cm³/mol. The van der Waals surface area contributed by atoms with Crippen LogP contribution in [0.25, 0.3) is 0 Å². The summed E-state index contributed by atoms with van der Waals surface area (Å²) in [5.74, 6) is -1.74. The zero-order chi connectivity index (χ0) is 21.9. The number of amides is 2. The van der Waals surface area contributed by atoms with E-state index in [0.717, 1.165) is 6.42 Å². The molecule has 0 bridgehead atoms. The van der Waals surface area contributed by atoms with Crippen molar-refractivity contribution < 1.29 is 29.4 Å². The van der Waals surface area contributed by atoms with Crippen LogP contribution in [0.4, 0.5) is 0 Å². The van der Waals surface area contributed by atoms with Crippen LogP contribution in [0.2, 0.25) is 0 Å². The third-order valence-corrected chi connectivity index (χ3v) is 6.51. The quantitative estimate of drug-likeness (QED) is 0.596. The van der Waals surface area contributed by atoms with Gasteiger partial charge in [0.15, 0.2) is 0 Å². The SMILES string of the molecule is CC1C[C@H](C)CC([C@H](O)CC2CC(=O)N(C(C)(C)CCCC(=O)O)C(=O)C2)C1=O. The van der Waals surface area contributed by atoms with Gasteiger partial charge in [-0.2, -0.15) is 0 Å². The number of aliphatic hydroxyl groups is 1. The maximum Gasteiger partial charge on any atom is 0.303 e. The summed E-state index contributed by atoms with van der Waals surface area (Å²) in [6.45, 7) is 7.54. The lowest BCUT2D eigenvalue weighted by atomic mass is 9.71. The van der Waals surface area contributed by atoms with Crippen LogP contribution in [0.3, 0.4) is 0 Å². The van der Waals surface area contributed by atoms with Crippen molar-refractivity contribution in [1.29, 1.82) is 0 Å². The smallest absolute Gasteiger partial charge is 0.303 e. The van der Waals surface area contributed by atoms with Crippen LogP contribution >= 0.6 is 0 Å². The molecular weight excluding hydrogens is 374 g/mol. The molecule has 1 saturated heterocycles. The van der Waals surface area contributed by atoms with E-state index in [0.29, 0.717) is 25.2 Å². The van der Waals surface area contributed by atoms with E-state index in [1.54, 1.807) is 13.8 Å². The molecule has 2 unspecified atom stereocenters. The number of hydrogen-bond donors (Lipinski definition) is 2. The van der Waals surface area contributed by atoms with Gasteiger partial charge in [0.2, 0.25) is 11.8 Å². The van der Waals surface area contributed by atoms with Crippen molar-refractivity contribution in [3.05, 3.63) is 0 Å². The van der Waals surface area contributed by atoms with Crippen LogP contribution in [0.5, 0.6) is 0 Å². The molecule has 2 aliphatic rings. The molecule has 29 heavy (non-hydrogen) atoms. The van der Waals surface area contributed by atoms with Crippen LogP contribution in [0, 0.1) is 23.7 Å². The summed E-state index contributed by atoms with van der Waals surface area (Å²) in [5, 5.41) is 19.5. The summed E-state index contributed by atoms with van der Waals surface area (Å²) in [6, 6.07) is 0. The van der Waals surface area contributed by atoms with Crippen molar-refractivity contribution in [2.24, 2.45) is 23.7 Å². The summed E-state index contributed by atoms with van der Waals surface area (Å²) in [7, 11) is 0. The van der Waals surface area contributed by atoms with E-state index in [-0.39, 0.29) is 55.1 Å². The normalized spacial score (nSPS) is 28.0. The molecule has 0 radical (unpaired) electrons. The zero-order valence-electron chi connectivity index (χ0n) is 18.0. The minimum atomic E-state index is -0.896. The van der Waals surface area contributed by atoms with E-state index in [1.165, 1.54) is 4.90 Å². The van der Waals surface area contributed by atoms with Crippen molar-refractivity contribution in [3.8, 4) is 0 Å². The molecule has 0 aromatic heterocycles. The Hall–Kier alpha value is -1.76. The number of carbonyl (C=O) groups excluding carboxylic acids is 3. The van der Waals surface area contributed by atoms with Crippen LogP contribution in [-0.4, -0.2) is 50.3 Å². The summed E-state index contributed by atoms with van der Waals surface area (Å²) in [6.07, 6.45) is 2.09. The molecular formula is C22H35NO6. The number of carboxylic acids is 1. The molecule has 0 aromatic carbocycles. The Morgan fingerprint density at radius 1 is 1.14 bits per heavy atom. The van der Waals surface area contributed by atoms with Crippen LogP contribution in [0.15, 0.2) is 0 Å². The maximum atomic E-state index is 12.7. The van der Waals surface area contributed by atoms with E-state index in [2.05, 4.69) is 6.92 Å². The number of carboxylic acid groups (broad SMARTS) is 1. The summed E-state index contributed by atoms with van der Waals surface area (Å²) >= 11 is 0. The molecule has 2 N–H and O–H groups in total. The van der Waals surface area contributed by atoms with E-state index in [4.69, 9.17) is 5.11 Å². The highest BCUT2D eigenvalue weighted by molar-refractivity contribution is 5.98. The predicted octanol–water partition coefficient (Wildman–Crippen LogP) is 2.79. The fourth-order valence-corrected chi connectivity index (χ4v) is 5.10. The van der Waals surface area contributed by atoms with Crippen molar-refractivity contribution in [2.45, 2.75) is 90.7 Å². The molecule has 2 amide bonds. The first kappa shape index (κ1) is 23.5. The average molecular weight is 410 g/mol. The molecule has 1 heterocycles. The van der Waals surface area contributed by atoms with Crippen molar-refractivity contribution in [3.63, 3.8) is 0 Å². The van der Waals surface area contributed by atoms with E-state index >= 15 is 0 Å². The van der Waals surface area contributed by atoms with Gasteiger partial charge in [-0.3, -0.25) is 24.1 Å². The van der Waals surface area contributed by atoms with Crippen LogP contribution in [-0.2, 0) is 19.2 Å². The number of piperidine rings is 1. The highest BCUT2D eigenvalue weighted by Gasteiger charge is 2.43. The average Bonchev–Trinajstić information content (AvgIpc) is 2.56. The van der Waals surface area contributed by atoms with Crippen molar-refractivity contribution in [2.75, 3.05) is 0 Å². The molecule has 1 aliphatic carbocycles. The molecule has 1 saturated carbocycles. The fraction of sp³-hybridized carbons (Fsp3) is 0.818. The highest BCUT2D eigenvalue weighted by Crippen LogP contribution is 2.36. The maximum absolute atomic E-state index is 12.7. The molecule has 1 aliphatic heterocycles. The third kappa shape index (κ3) is 5.87. The van der Waals surface area contributed by atoms with E-state index < -0.39 is 23.5 Å². The van der Waals surface area contributed by atoms with Crippen molar-refractivity contribution >= 4 is 23.6 Å². The number of ketones is 1. The molecule has 4 atom stereocenters. The number of aliphatic carboxylic acids is 1. The first-order valence-electron chi connectivity index (χ1n) is 10.7. The number of nitrogens with zero attached hydrogens (tertiary/aromatic N) is 1. The Morgan fingerprint density at radius 2 is 1.72 bits per heavy atom. The van der Waals surface area contributed by atoms with Gasteiger partial charge in [-0.1, -0.05) is 13.8 Å². The van der Waals surface area contributed by atoms with E-state index in [9.17, 15) is 24.3 Å². The Bertz CT molecular complexity index is 640. The van der Waals surface area contributed by atoms with Gasteiger partial charge in [0.25, 0.3) is 0 Å². The summed E-state index contributed by atoms with van der Waals surface area (Å²) < 4.78 is 0. The van der Waals surface area contributed by atoms with Gasteiger partial charge in [0.05, 0.1) is 6.10 Å². The summed E-state index contributed by atoms with van der Waals surface area (Å²) in [4.78, 5) is 49.9. The van der Waals surface area contributed by atoms with Gasteiger partial charge in [-0.25, -0.2) is 0 Å². The lowest BCUT2D eigenvalue weighted by Crippen LogP contribution is -2.55. The second kappa shape index (κ2) is 9.37. The number of carbonyl (C=O) groups is 4. The molecule has 0 aromatic rings. The lowest BCUT2D eigenvalue weighted by Gasteiger charge is -2.42. The molecule has 2 fully saturated rings. The Balaban J connectivity index is 1.97. The number of likely N-dealkylation sites (tertiary alicyclic amines) is 1. The van der Waals surface area contributed by atoms with Gasteiger partial charge < -0.3 is 10.2 Å². The highest BCUT2D eigenvalue weighted by atomic mass is 16.4. The lowest BCUT2D eigenvalue weighted by molar-refractivity contribution is -0.157. The van der Waals surface area contributed by atoms with Gasteiger partial charge in [0.1, 0.15) is 5.78 Å². The first-order valence-corrected chi connectivity index (χ1v) is 10.7. The monoisotopic (exact) mass is 409 g/mol. The number of Topliss-reactive ketones (excluding diaryl/α,β-unsaturated/α-hetero) is 1. The minimum Gasteiger partial charge on any atom is -0.481 e. The molecule has 7 nitrogen and oxygen atoms in total. The number of aliphatic hydroxyl groups excluding tert-OH is 1. The molecule has 164 valence electrons. The van der Waals surface area contributed by atoms with Gasteiger partial charge >= 0.3 is 5.97 Å². The van der Waals surface area contributed by atoms with Crippen LogP contribution < -0.4 is 0 Å². The Labute approximate surface area is 172 Å². The topological polar surface area (TPSA) is 112 Å². The summed E-state index contributed by atoms with van der Waals surface area (Å²) in [5.41, 5.74) is -0.739. The van der Waals surface area contributed by atoms with Gasteiger partial charge in [-0.15, -0.1) is 0 Å². The van der Waals surface area contributed by atoms with Crippen molar-refractivity contribution in [1.82, 2.24) is 4.90 Å². The van der Waals surface area contributed by atoms with E-state index in [1.807, 2.05) is 6.92 Å². The molecule has 7 heteroatoms. The number of hydrogen-bond acceptors (Lipinski definition) is 5. The third-order valence-electron chi connectivity index (χ3n) is 6.51. The zero-order valence-corrected chi connectivity index (χ0v) is 18.0. The number of imide groups is 1. The van der Waals surface area contributed by atoms with Gasteiger partial charge in [0, 0.05) is 36.6 Å². The Morgan fingerprint density at radius 3 is 2.28 bits per heavy atom.